The topological polar surface area (TPSA) is 0 Å². The molecule has 0 N–H and O–H groups in total. The van der Waals surface area contributed by atoms with E-state index in [2.05, 4.69) is 63.0 Å². The van der Waals surface area contributed by atoms with Gasteiger partial charge in [-0.05, 0) is 8.95 Å². The first-order valence-corrected chi connectivity index (χ1v) is 5.27. The van der Waals surface area contributed by atoms with Gasteiger partial charge in [0.05, 0.1) is 0 Å². The Morgan fingerprint density at radius 3 is 2.12 bits per heavy atom. The smallest absolute Gasteiger partial charge is 1.00 e. The van der Waals surface area contributed by atoms with E-state index in [1.54, 1.807) is 0 Å². The Kier molecular flexibility index (Phi) is 13.4. The van der Waals surface area contributed by atoms with Gasteiger partial charge >= 0.3 is 26.2 Å². The van der Waals surface area contributed by atoms with Crippen molar-refractivity contribution in [3.8, 4) is 0 Å². The minimum Gasteiger partial charge on any atom is -1.00 e. The number of halogens is 5. The largest absolute Gasteiger partial charge is 4.00 e. The number of fused-ring (bicyclic) bond motifs is 1. The summed E-state index contributed by atoms with van der Waals surface area (Å²) in [6.45, 7) is 2.11. The third kappa shape index (κ3) is 5.04. The molecular formula is C10H7Br2Cl3Zr. The van der Waals surface area contributed by atoms with Crippen molar-refractivity contribution >= 4 is 42.6 Å². The molecule has 0 bridgehead atoms. The van der Waals surface area contributed by atoms with Crippen LogP contribution in [0.15, 0.2) is 33.2 Å². The van der Waals surface area contributed by atoms with Crippen molar-refractivity contribution in [1.29, 1.82) is 0 Å². The predicted octanol–water partition coefficient (Wildman–Crippen LogP) is -4.60. The van der Waals surface area contributed by atoms with Crippen molar-refractivity contribution in [1.82, 2.24) is 0 Å². The molecule has 6 heteroatoms. The zero-order chi connectivity index (χ0) is 8.72. The van der Waals surface area contributed by atoms with Crippen molar-refractivity contribution in [3.63, 3.8) is 0 Å². The van der Waals surface area contributed by atoms with Gasteiger partial charge in [-0.3, -0.25) is 0 Å². The molecule has 2 rings (SSSR count). The molecule has 2 aromatic carbocycles. The van der Waals surface area contributed by atoms with Crippen LogP contribution >= 0.6 is 31.9 Å². The third-order valence-electron chi connectivity index (χ3n) is 1.88. The monoisotopic (exact) mass is 480 g/mol. The molecule has 0 heterocycles. The van der Waals surface area contributed by atoms with Crippen LogP contribution in [0.3, 0.4) is 0 Å². The van der Waals surface area contributed by atoms with Gasteiger partial charge in [0, 0.05) is 0 Å². The normalized spacial score (nSPS) is 8.19. The van der Waals surface area contributed by atoms with E-state index in [0.29, 0.717) is 0 Å². The van der Waals surface area contributed by atoms with Crippen LogP contribution in [0.4, 0.5) is 0 Å². The molecule has 0 saturated heterocycles. The van der Waals surface area contributed by atoms with Gasteiger partial charge in [0.25, 0.3) is 0 Å². The fourth-order valence-corrected chi connectivity index (χ4v) is 2.76. The number of hydrogen-bond donors (Lipinski definition) is 0. The Bertz CT molecular complexity index is 443. The molecule has 0 aliphatic heterocycles. The maximum absolute atomic E-state index is 3.53. The maximum Gasteiger partial charge on any atom is 4.00 e. The second kappa shape index (κ2) is 9.47. The van der Waals surface area contributed by atoms with Crippen LogP contribution in [0, 0.1) is 6.92 Å². The van der Waals surface area contributed by atoms with Crippen molar-refractivity contribution in [3.05, 3.63) is 38.8 Å². The van der Waals surface area contributed by atoms with E-state index in [9.17, 15) is 0 Å². The number of rotatable bonds is 0. The van der Waals surface area contributed by atoms with E-state index >= 15 is 0 Å². The van der Waals surface area contributed by atoms with Gasteiger partial charge in [-0.2, -0.15) is 6.07 Å². The quantitative estimate of drug-likeness (QED) is 0.331. The van der Waals surface area contributed by atoms with Crippen LogP contribution in [0.25, 0.3) is 10.8 Å². The summed E-state index contributed by atoms with van der Waals surface area (Å²) in [5, 5.41) is 2.57. The van der Waals surface area contributed by atoms with Crippen molar-refractivity contribution < 1.29 is 63.4 Å². The molecule has 0 nitrogen and oxygen atoms in total. The third-order valence-corrected chi connectivity index (χ3v) is 3.00. The summed E-state index contributed by atoms with van der Waals surface area (Å²) in [6.07, 6.45) is 0. The average Bonchev–Trinajstić information content (AvgIpc) is 2.29. The van der Waals surface area contributed by atoms with E-state index in [1.165, 1.54) is 16.3 Å². The maximum atomic E-state index is 3.53. The first kappa shape index (κ1) is 22.7. The molecule has 0 atom stereocenters. The van der Waals surface area contributed by atoms with Gasteiger partial charge in [-0.25, -0.2) is 0 Å². The Labute approximate surface area is 150 Å². The van der Waals surface area contributed by atoms with Crippen LogP contribution in [0.5, 0.6) is 0 Å². The summed E-state index contributed by atoms with van der Waals surface area (Å²) in [5.74, 6) is 0. The molecule has 0 amide bonds. The molecule has 0 aliphatic rings. The second-order valence-corrected chi connectivity index (χ2v) is 4.69. The average molecular weight is 485 g/mol. The van der Waals surface area contributed by atoms with E-state index in [1.807, 2.05) is 0 Å². The second-order valence-electron chi connectivity index (χ2n) is 2.92. The van der Waals surface area contributed by atoms with E-state index in [4.69, 9.17) is 0 Å². The van der Waals surface area contributed by atoms with Crippen LogP contribution < -0.4 is 37.2 Å². The molecule has 0 radical (unpaired) electrons. The Hall–Kier alpha value is 1.54. The van der Waals surface area contributed by atoms with E-state index < -0.39 is 0 Å². The van der Waals surface area contributed by atoms with Crippen LogP contribution in [0.2, 0.25) is 0 Å². The van der Waals surface area contributed by atoms with Gasteiger partial charge in [0.1, 0.15) is 0 Å². The summed E-state index contributed by atoms with van der Waals surface area (Å²) < 4.78 is 2.27. The molecule has 0 aliphatic carbocycles. The SMILES string of the molecule is Cc1cc2c(Br)cc(Br)cc2[cH-]1.[Cl-].[Cl-].[Cl-].[Zr+4]. The molecule has 16 heavy (non-hydrogen) atoms. The zero-order valence-electron chi connectivity index (χ0n) is 8.20. The number of aryl methyl sites for hydroxylation is 1. The summed E-state index contributed by atoms with van der Waals surface area (Å²) in [7, 11) is 0. The molecular weight excluding hydrogens is 478 g/mol. The first-order chi connectivity index (χ1) is 5.66. The van der Waals surface area contributed by atoms with Crippen molar-refractivity contribution in [2.75, 3.05) is 0 Å². The molecule has 0 fully saturated rings. The molecule has 86 valence electrons. The van der Waals surface area contributed by atoms with E-state index in [-0.39, 0.29) is 63.4 Å². The molecule has 0 saturated carbocycles. The minimum absolute atomic E-state index is 0. The van der Waals surface area contributed by atoms with Crippen molar-refractivity contribution in [2.45, 2.75) is 6.92 Å². The first-order valence-electron chi connectivity index (χ1n) is 3.69. The Morgan fingerprint density at radius 1 is 1.00 bits per heavy atom. The fourth-order valence-electron chi connectivity index (χ4n) is 1.39. The Morgan fingerprint density at radius 2 is 1.56 bits per heavy atom. The molecule has 0 aromatic heterocycles. The summed E-state index contributed by atoms with van der Waals surface area (Å²) in [6, 6.07) is 8.57. The van der Waals surface area contributed by atoms with Crippen LogP contribution in [0.1, 0.15) is 5.56 Å². The van der Waals surface area contributed by atoms with Gasteiger partial charge in [-0.15, -0.1) is 28.5 Å². The molecule has 2 aromatic rings. The van der Waals surface area contributed by atoms with Gasteiger partial charge < -0.3 is 37.2 Å². The summed E-state index contributed by atoms with van der Waals surface area (Å²) in [4.78, 5) is 0. The number of hydrogen-bond acceptors (Lipinski definition) is 0. The van der Waals surface area contributed by atoms with Gasteiger partial charge in [0.15, 0.2) is 0 Å². The van der Waals surface area contributed by atoms with Crippen LogP contribution in [-0.4, -0.2) is 0 Å². The van der Waals surface area contributed by atoms with Gasteiger partial charge in [0.2, 0.25) is 0 Å². The predicted molar refractivity (Wildman–Crippen MR) is 59.7 cm³/mol. The minimum atomic E-state index is 0. The zero-order valence-corrected chi connectivity index (χ0v) is 16.1. The molecule has 0 spiro atoms. The summed E-state index contributed by atoms with van der Waals surface area (Å²) in [5.41, 5.74) is 1.31. The van der Waals surface area contributed by atoms with Crippen LogP contribution in [-0.2, 0) is 26.2 Å². The van der Waals surface area contributed by atoms with Crippen molar-refractivity contribution in [2.24, 2.45) is 0 Å². The van der Waals surface area contributed by atoms with E-state index in [0.717, 1.165) is 8.95 Å². The summed E-state index contributed by atoms with van der Waals surface area (Å²) >= 11 is 6.99. The fraction of sp³-hybridized carbons (Fsp3) is 0.100. The molecule has 0 unspecified atom stereocenters. The standard InChI is InChI=1S/C10H7Br2.3ClH.Zr/c1-6-2-7-4-8(11)5-10(12)9(7)3-6;;;;/h2-5H,1H3;3*1H;/q-1;;;;+4/p-3. The van der Waals surface area contributed by atoms with Gasteiger partial charge in [-0.1, -0.05) is 44.8 Å². The Balaban J connectivity index is -0.000000422. The number of benzene rings is 1.